The summed E-state index contributed by atoms with van der Waals surface area (Å²) < 4.78 is 10.5. The van der Waals surface area contributed by atoms with Crippen molar-refractivity contribution in [3.63, 3.8) is 0 Å². The summed E-state index contributed by atoms with van der Waals surface area (Å²) >= 11 is 0. The molecule has 1 unspecified atom stereocenters. The molecule has 0 radical (unpaired) electrons. The fourth-order valence-corrected chi connectivity index (χ4v) is 2.27. The molecule has 0 amide bonds. The van der Waals surface area contributed by atoms with E-state index in [9.17, 15) is 9.90 Å². The maximum absolute atomic E-state index is 11.9. The van der Waals surface area contributed by atoms with Gasteiger partial charge in [-0.3, -0.25) is 0 Å². The molecule has 1 aromatic carbocycles. The summed E-state index contributed by atoms with van der Waals surface area (Å²) in [6, 6.07) is 1.87. The van der Waals surface area contributed by atoms with Crippen LogP contribution in [0.2, 0.25) is 0 Å². The third kappa shape index (κ3) is 1.89. The Balaban J connectivity index is 2.66. The Labute approximate surface area is 100 Å². The normalized spacial score (nSPS) is 18.6. The third-order valence-corrected chi connectivity index (χ3v) is 3.11. The molecule has 1 aromatic rings. The topological polar surface area (TPSA) is 55.8 Å². The minimum Gasteiger partial charge on any atom is -0.496 e. The van der Waals surface area contributed by atoms with Gasteiger partial charge in [-0.05, 0) is 30.5 Å². The van der Waals surface area contributed by atoms with Gasteiger partial charge in [-0.1, -0.05) is 6.07 Å². The molecule has 0 aromatic heterocycles. The van der Waals surface area contributed by atoms with Gasteiger partial charge in [0.25, 0.3) is 0 Å². The number of fused-ring (bicyclic) bond motifs is 1. The molecule has 0 saturated carbocycles. The number of aliphatic hydroxyl groups excluding tert-OH is 1. The summed E-state index contributed by atoms with van der Waals surface area (Å²) in [6.07, 6.45) is 0.527. The summed E-state index contributed by atoms with van der Waals surface area (Å²) in [7, 11) is 1.52. The lowest BCUT2D eigenvalue weighted by Crippen LogP contribution is -2.26. The summed E-state index contributed by atoms with van der Waals surface area (Å²) in [6.45, 7) is 3.63. The molecule has 4 heteroatoms. The van der Waals surface area contributed by atoms with Crippen molar-refractivity contribution in [2.75, 3.05) is 7.11 Å². The van der Waals surface area contributed by atoms with E-state index in [0.717, 1.165) is 16.7 Å². The van der Waals surface area contributed by atoms with Crippen LogP contribution in [0.5, 0.6) is 5.75 Å². The molecule has 17 heavy (non-hydrogen) atoms. The van der Waals surface area contributed by atoms with Crippen molar-refractivity contribution < 1.29 is 19.4 Å². The van der Waals surface area contributed by atoms with Crippen LogP contribution in [0, 0.1) is 6.92 Å². The zero-order valence-corrected chi connectivity index (χ0v) is 10.2. The first-order valence-corrected chi connectivity index (χ1v) is 5.59. The Morgan fingerprint density at radius 1 is 1.59 bits per heavy atom. The highest BCUT2D eigenvalue weighted by atomic mass is 16.5. The quantitative estimate of drug-likeness (QED) is 0.792. The van der Waals surface area contributed by atoms with Crippen LogP contribution in [-0.2, 0) is 17.8 Å². The molecule has 0 aliphatic carbocycles. The Kier molecular flexibility index (Phi) is 3.07. The summed E-state index contributed by atoms with van der Waals surface area (Å²) in [4.78, 5) is 11.9. The molecule has 1 heterocycles. The Bertz CT molecular complexity index is 465. The number of ether oxygens (including phenoxy) is 2. The van der Waals surface area contributed by atoms with E-state index < -0.39 is 0 Å². The van der Waals surface area contributed by atoms with Gasteiger partial charge in [-0.15, -0.1) is 0 Å². The van der Waals surface area contributed by atoms with E-state index in [0.29, 0.717) is 17.7 Å². The van der Waals surface area contributed by atoms with Crippen LogP contribution in [0.4, 0.5) is 0 Å². The minimum absolute atomic E-state index is 0.0566. The molecule has 1 aliphatic heterocycles. The molecule has 1 aliphatic rings. The second-order valence-corrected chi connectivity index (χ2v) is 4.31. The van der Waals surface area contributed by atoms with Crippen molar-refractivity contribution in [3.05, 3.63) is 28.3 Å². The van der Waals surface area contributed by atoms with Gasteiger partial charge in [0.05, 0.1) is 13.7 Å². The third-order valence-electron chi connectivity index (χ3n) is 3.11. The number of methoxy groups -OCH3 is 1. The molecule has 2 rings (SSSR count). The maximum atomic E-state index is 11.9. The average molecular weight is 236 g/mol. The van der Waals surface area contributed by atoms with E-state index in [-0.39, 0.29) is 18.7 Å². The van der Waals surface area contributed by atoms with E-state index in [4.69, 9.17) is 9.47 Å². The fourth-order valence-electron chi connectivity index (χ4n) is 2.27. The van der Waals surface area contributed by atoms with Gasteiger partial charge < -0.3 is 14.6 Å². The van der Waals surface area contributed by atoms with Gasteiger partial charge >= 0.3 is 5.97 Å². The van der Waals surface area contributed by atoms with Crippen LogP contribution in [0.1, 0.15) is 34.0 Å². The Morgan fingerprint density at radius 3 is 2.88 bits per heavy atom. The van der Waals surface area contributed by atoms with E-state index >= 15 is 0 Å². The molecule has 1 atom stereocenters. The number of aliphatic hydroxyl groups is 1. The first-order chi connectivity index (χ1) is 8.08. The Hall–Kier alpha value is -1.55. The second kappa shape index (κ2) is 4.37. The molecule has 0 spiro atoms. The first-order valence-electron chi connectivity index (χ1n) is 5.59. The highest BCUT2D eigenvalue weighted by Crippen LogP contribution is 2.34. The number of cyclic esters (lactones) is 1. The van der Waals surface area contributed by atoms with Gasteiger partial charge in [-0.25, -0.2) is 4.79 Å². The second-order valence-electron chi connectivity index (χ2n) is 4.31. The molecule has 0 fully saturated rings. The zero-order valence-electron chi connectivity index (χ0n) is 10.2. The van der Waals surface area contributed by atoms with Crippen molar-refractivity contribution in [1.29, 1.82) is 0 Å². The highest BCUT2D eigenvalue weighted by Gasteiger charge is 2.29. The molecule has 1 N–H and O–H groups in total. The predicted molar refractivity (Wildman–Crippen MR) is 62.2 cm³/mol. The standard InChI is InChI=1S/C13H16O4/c1-7-4-9-5-10(6-14)8(2)12(16-3)11(9)13(15)17-7/h5,7,14H,4,6H2,1-3H3. The van der Waals surface area contributed by atoms with Crippen molar-refractivity contribution >= 4 is 5.97 Å². The van der Waals surface area contributed by atoms with Crippen LogP contribution >= 0.6 is 0 Å². The number of esters is 1. The number of hydrogen-bond acceptors (Lipinski definition) is 4. The monoisotopic (exact) mass is 236 g/mol. The lowest BCUT2D eigenvalue weighted by Gasteiger charge is -2.25. The van der Waals surface area contributed by atoms with E-state index in [2.05, 4.69) is 0 Å². The summed E-state index contributed by atoms with van der Waals surface area (Å²) in [5.74, 6) is 0.173. The smallest absolute Gasteiger partial charge is 0.342 e. The number of carbonyl (C=O) groups is 1. The van der Waals surface area contributed by atoms with Gasteiger partial charge in [0, 0.05) is 6.42 Å². The molecule has 92 valence electrons. The van der Waals surface area contributed by atoms with Crippen molar-refractivity contribution in [2.45, 2.75) is 33.0 Å². The average Bonchev–Trinajstić information content (AvgIpc) is 2.29. The van der Waals surface area contributed by atoms with Crippen molar-refractivity contribution in [2.24, 2.45) is 0 Å². The summed E-state index contributed by atoms with van der Waals surface area (Å²) in [5.41, 5.74) is 2.98. The SMILES string of the molecule is COc1c(C)c(CO)cc2c1C(=O)OC(C)C2. The van der Waals surface area contributed by atoms with Crippen molar-refractivity contribution in [1.82, 2.24) is 0 Å². The zero-order chi connectivity index (χ0) is 12.6. The largest absolute Gasteiger partial charge is 0.496 e. The van der Waals surface area contributed by atoms with E-state index in [1.807, 2.05) is 19.9 Å². The van der Waals surface area contributed by atoms with E-state index in [1.54, 1.807) is 0 Å². The molecule has 0 bridgehead atoms. The molecule has 4 nitrogen and oxygen atoms in total. The molecular weight excluding hydrogens is 220 g/mol. The van der Waals surface area contributed by atoms with Crippen LogP contribution < -0.4 is 4.74 Å². The predicted octanol–water partition coefficient (Wildman–Crippen LogP) is 1.60. The number of hydrogen-bond donors (Lipinski definition) is 1. The lowest BCUT2D eigenvalue weighted by molar-refractivity contribution is 0.0296. The van der Waals surface area contributed by atoms with Crippen LogP contribution in [-0.4, -0.2) is 24.3 Å². The fraction of sp³-hybridized carbons (Fsp3) is 0.462. The van der Waals surface area contributed by atoms with Crippen molar-refractivity contribution in [3.8, 4) is 5.75 Å². The highest BCUT2D eigenvalue weighted by molar-refractivity contribution is 5.96. The lowest BCUT2D eigenvalue weighted by atomic mass is 9.92. The Morgan fingerprint density at radius 2 is 2.29 bits per heavy atom. The van der Waals surface area contributed by atoms with Gasteiger partial charge in [0.1, 0.15) is 17.4 Å². The molecular formula is C13H16O4. The minimum atomic E-state index is -0.344. The van der Waals surface area contributed by atoms with Gasteiger partial charge in [0.2, 0.25) is 0 Å². The van der Waals surface area contributed by atoms with Crippen LogP contribution in [0.3, 0.4) is 0 Å². The maximum Gasteiger partial charge on any atom is 0.342 e. The summed E-state index contributed by atoms with van der Waals surface area (Å²) in [5, 5.41) is 9.30. The number of benzene rings is 1. The number of carbonyl (C=O) groups excluding carboxylic acids is 1. The van der Waals surface area contributed by atoms with E-state index in [1.165, 1.54) is 7.11 Å². The molecule has 0 saturated heterocycles. The van der Waals surface area contributed by atoms with Gasteiger partial charge in [-0.2, -0.15) is 0 Å². The number of rotatable bonds is 2. The first kappa shape index (κ1) is 11.9. The van der Waals surface area contributed by atoms with Crippen LogP contribution in [0.25, 0.3) is 0 Å². The van der Waals surface area contributed by atoms with Crippen LogP contribution in [0.15, 0.2) is 6.07 Å². The van der Waals surface area contributed by atoms with Gasteiger partial charge in [0.15, 0.2) is 0 Å².